The molecule has 0 aromatic heterocycles. The van der Waals surface area contributed by atoms with Gasteiger partial charge in [0.15, 0.2) is 0 Å². The van der Waals surface area contributed by atoms with Crippen molar-refractivity contribution in [3.8, 4) is 28.4 Å². The Morgan fingerprint density at radius 2 is 1.42 bits per heavy atom. The molecule has 100 valence electrons. The molecule has 0 aliphatic heterocycles. The monoisotopic (exact) mass is 276 g/mol. The van der Waals surface area contributed by atoms with Gasteiger partial charge in [-0.05, 0) is 10.9 Å². The van der Waals surface area contributed by atoms with E-state index in [1.165, 1.54) is 0 Å². The molecule has 0 radical (unpaired) electrons. The first-order valence-electron chi connectivity index (χ1n) is 5.86. The Bertz CT molecular complexity index is 556. The van der Waals surface area contributed by atoms with Gasteiger partial charge in [-0.15, -0.1) is 9.24 Å². The lowest BCUT2D eigenvalue weighted by Crippen LogP contribution is -2.01. The highest BCUT2D eigenvalue weighted by Crippen LogP contribution is 2.41. The van der Waals surface area contributed by atoms with Gasteiger partial charge in [-0.2, -0.15) is 0 Å². The summed E-state index contributed by atoms with van der Waals surface area (Å²) in [4.78, 5) is 0. The summed E-state index contributed by atoms with van der Waals surface area (Å²) in [6.45, 7) is 0. The molecule has 0 saturated heterocycles. The molecule has 0 aliphatic rings. The standard InChI is InChI=1S/C15H17O3P/c1-16-10-8-12(17-2)15(13(9-10)18-3)11-6-4-5-7-14(11)19/h4-9H,19H2,1-3H3. The van der Waals surface area contributed by atoms with E-state index in [0.29, 0.717) is 5.75 Å². The zero-order valence-corrected chi connectivity index (χ0v) is 12.4. The quantitative estimate of drug-likeness (QED) is 0.804. The third-order valence-corrected chi connectivity index (χ3v) is 3.45. The number of rotatable bonds is 4. The van der Waals surface area contributed by atoms with Crippen LogP contribution in [-0.2, 0) is 0 Å². The molecule has 2 rings (SSSR count). The van der Waals surface area contributed by atoms with Crippen LogP contribution in [0.15, 0.2) is 36.4 Å². The van der Waals surface area contributed by atoms with Gasteiger partial charge in [0.1, 0.15) is 17.2 Å². The van der Waals surface area contributed by atoms with Crippen LogP contribution in [0.1, 0.15) is 0 Å². The first-order chi connectivity index (χ1) is 9.21. The minimum absolute atomic E-state index is 0.707. The molecule has 0 saturated carbocycles. The maximum absolute atomic E-state index is 5.47. The smallest absolute Gasteiger partial charge is 0.134 e. The van der Waals surface area contributed by atoms with E-state index in [9.17, 15) is 0 Å². The lowest BCUT2D eigenvalue weighted by molar-refractivity contribution is 0.377. The van der Waals surface area contributed by atoms with Gasteiger partial charge in [-0.25, -0.2) is 0 Å². The molecule has 3 nitrogen and oxygen atoms in total. The number of ether oxygens (including phenoxy) is 3. The second-order valence-corrected chi connectivity index (χ2v) is 4.62. The molecule has 0 aliphatic carbocycles. The third-order valence-electron chi connectivity index (χ3n) is 2.95. The Balaban J connectivity index is 2.71. The van der Waals surface area contributed by atoms with Crippen LogP contribution < -0.4 is 19.5 Å². The average molecular weight is 276 g/mol. The fourth-order valence-corrected chi connectivity index (χ4v) is 2.35. The summed E-state index contributed by atoms with van der Waals surface area (Å²) < 4.78 is 16.2. The van der Waals surface area contributed by atoms with Crippen LogP contribution in [0.25, 0.3) is 11.1 Å². The Morgan fingerprint density at radius 3 is 1.89 bits per heavy atom. The maximum atomic E-state index is 5.47. The molecule has 2 aromatic rings. The molecule has 1 atom stereocenters. The van der Waals surface area contributed by atoms with Gasteiger partial charge in [0.05, 0.1) is 26.9 Å². The van der Waals surface area contributed by atoms with E-state index >= 15 is 0 Å². The normalized spacial score (nSPS) is 10.1. The zero-order valence-electron chi connectivity index (χ0n) is 11.3. The summed E-state index contributed by atoms with van der Waals surface area (Å²) >= 11 is 0. The number of hydrogen-bond donors (Lipinski definition) is 0. The Hall–Kier alpha value is -1.73. The molecule has 0 fully saturated rings. The van der Waals surface area contributed by atoms with Gasteiger partial charge in [0.2, 0.25) is 0 Å². The van der Waals surface area contributed by atoms with Gasteiger partial charge >= 0.3 is 0 Å². The summed E-state index contributed by atoms with van der Waals surface area (Å²) in [7, 11) is 7.63. The fourth-order valence-electron chi connectivity index (χ4n) is 2.00. The van der Waals surface area contributed by atoms with Crippen molar-refractivity contribution < 1.29 is 14.2 Å². The lowest BCUT2D eigenvalue weighted by Gasteiger charge is -2.16. The van der Waals surface area contributed by atoms with Crippen molar-refractivity contribution in [1.82, 2.24) is 0 Å². The van der Waals surface area contributed by atoms with Crippen molar-refractivity contribution in [2.75, 3.05) is 21.3 Å². The van der Waals surface area contributed by atoms with E-state index in [2.05, 4.69) is 9.24 Å². The van der Waals surface area contributed by atoms with Gasteiger partial charge in [-0.1, -0.05) is 24.3 Å². The predicted molar refractivity (Wildman–Crippen MR) is 80.9 cm³/mol. The fraction of sp³-hybridized carbons (Fsp3) is 0.200. The van der Waals surface area contributed by atoms with E-state index in [-0.39, 0.29) is 0 Å². The van der Waals surface area contributed by atoms with E-state index < -0.39 is 0 Å². The predicted octanol–water partition coefficient (Wildman–Crippen LogP) is 2.88. The summed E-state index contributed by atoms with van der Waals surface area (Å²) in [5, 5.41) is 1.09. The molecule has 4 heteroatoms. The molecule has 0 spiro atoms. The highest BCUT2D eigenvalue weighted by Gasteiger charge is 2.16. The zero-order chi connectivity index (χ0) is 13.8. The number of hydrogen-bond acceptors (Lipinski definition) is 3. The molecule has 0 heterocycles. The second-order valence-electron chi connectivity index (χ2n) is 3.99. The van der Waals surface area contributed by atoms with Gasteiger partial charge in [0, 0.05) is 12.1 Å². The SMILES string of the molecule is COc1cc(OC)c(-c2ccccc2P)c(OC)c1. The maximum Gasteiger partial charge on any atom is 0.134 e. The summed E-state index contributed by atoms with van der Waals surface area (Å²) in [6, 6.07) is 11.8. The highest BCUT2D eigenvalue weighted by atomic mass is 31.0. The summed E-state index contributed by atoms with van der Waals surface area (Å²) in [6.07, 6.45) is 0. The van der Waals surface area contributed by atoms with Crippen LogP contribution >= 0.6 is 9.24 Å². The van der Waals surface area contributed by atoms with Crippen LogP contribution in [0.3, 0.4) is 0 Å². The largest absolute Gasteiger partial charge is 0.496 e. The highest BCUT2D eigenvalue weighted by molar-refractivity contribution is 7.28. The molecular weight excluding hydrogens is 259 g/mol. The van der Waals surface area contributed by atoms with E-state index in [1.807, 2.05) is 36.4 Å². The Morgan fingerprint density at radius 1 is 0.842 bits per heavy atom. The summed E-state index contributed by atoms with van der Waals surface area (Å²) in [5.74, 6) is 2.16. The topological polar surface area (TPSA) is 27.7 Å². The van der Waals surface area contributed by atoms with Crippen LogP contribution in [0.2, 0.25) is 0 Å². The van der Waals surface area contributed by atoms with E-state index in [1.54, 1.807) is 21.3 Å². The first-order valence-corrected chi connectivity index (χ1v) is 6.44. The first kappa shape index (κ1) is 13.7. The Labute approximate surface area is 115 Å². The molecule has 0 bridgehead atoms. The van der Waals surface area contributed by atoms with Crippen LogP contribution in [0.4, 0.5) is 0 Å². The van der Waals surface area contributed by atoms with Gasteiger partial charge in [-0.3, -0.25) is 0 Å². The van der Waals surface area contributed by atoms with Gasteiger partial charge in [0.25, 0.3) is 0 Å². The van der Waals surface area contributed by atoms with Gasteiger partial charge < -0.3 is 14.2 Å². The van der Waals surface area contributed by atoms with Crippen molar-refractivity contribution in [1.29, 1.82) is 0 Å². The average Bonchev–Trinajstić information content (AvgIpc) is 2.46. The molecule has 1 unspecified atom stereocenters. The van der Waals surface area contributed by atoms with E-state index in [4.69, 9.17) is 14.2 Å². The Kier molecular flexibility index (Phi) is 4.28. The van der Waals surface area contributed by atoms with Crippen molar-refractivity contribution in [2.24, 2.45) is 0 Å². The minimum Gasteiger partial charge on any atom is -0.496 e. The molecule has 19 heavy (non-hydrogen) atoms. The molecule has 0 N–H and O–H groups in total. The summed E-state index contributed by atoms with van der Waals surface area (Å²) in [5.41, 5.74) is 1.99. The van der Waals surface area contributed by atoms with Crippen molar-refractivity contribution in [2.45, 2.75) is 0 Å². The van der Waals surface area contributed by atoms with Crippen LogP contribution in [-0.4, -0.2) is 21.3 Å². The van der Waals surface area contributed by atoms with Crippen molar-refractivity contribution >= 4 is 14.5 Å². The van der Waals surface area contributed by atoms with E-state index in [0.717, 1.165) is 27.9 Å². The van der Waals surface area contributed by atoms with Crippen molar-refractivity contribution in [3.05, 3.63) is 36.4 Å². The molecular formula is C15H17O3P. The lowest BCUT2D eigenvalue weighted by atomic mass is 10.0. The van der Waals surface area contributed by atoms with Crippen LogP contribution in [0.5, 0.6) is 17.2 Å². The number of benzene rings is 2. The second kappa shape index (κ2) is 5.94. The minimum atomic E-state index is 0.707. The molecule has 0 amide bonds. The molecule has 2 aromatic carbocycles. The number of methoxy groups -OCH3 is 3. The van der Waals surface area contributed by atoms with Crippen LogP contribution in [0, 0.1) is 0 Å². The van der Waals surface area contributed by atoms with Crippen molar-refractivity contribution in [3.63, 3.8) is 0 Å². The third kappa shape index (κ3) is 2.66.